The smallest absolute Gasteiger partial charge is 0.238 e. The molecule has 7 heteroatoms. The third-order valence-electron chi connectivity index (χ3n) is 6.90. The van der Waals surface area contributed by atoms with E-state index in [2.05, 4.69) is 0 Å². The van der Waals surface area contributed by atoms with E-state index < -0.39 is 10.0 Å². The molecule has 2 unspecified atom stereocenters. The molecule has 6 nitrogen and oxygen atoms in total. The minimum atomic E-state index is -3.86. The number of hydrogen-bond acceptors (Lipinski definition) is 4. The van der Waals surface area contributed by atoms with Crippen molar-refractivity contribution < 1.29 is 18.0 Å². The van der Waals surface area contributed by atoms with E-state index in [1.165, 1.54) is 12.1 Å². The molecule has 0 aromatic heterocycles. The lowest BCUT2D eigenvalue weighted by Gasteiger charge is -2.40. The van der Waals surface area contributed by atoms with Crippen molar-refractivity contribution in [2.45, 2.75) is 42.9 Å². The summed E-state index contributed by atoms with van der Waals surface area (Å²) < 4.78 is 23.4. The van der Waals surface area contributed by atoms with Crippen LogP contribution in [-0.2, 0) is 19.6 Å². The number of sulfonamides is 1. The summed E-state index contributed by atoms with van der Waals surface area (Å²) in [5.41, 5.74) is 5.02. The molecule has 2 atom stereocenters. The summed E-state index contributed by atoms with van der Waals surface area (Å²) in [6, 6.07) is 23.8. The van der Waals surface area contributed by atoms with Gasteiger partial charge in [-0.3, -0.25) is 14.5 Å². The third kappa shape index (κ3) is 4.45. The monoisotopic (exact) mass is 486 g/mol. The zero-order chi connectivity index (χ0) is 24.7. The number of primary sulfonamides is 1. The number of anilines is 1. The van der Waals surface area contributed by atoms with Crippen LogP contribution in [0.3, 0.4) is 0 Å². The molecule has 1 heterocycles. The Morgan fingerprint density at radius 3 is 2.09 bits per heavy atom. The summed E-state index contributed by atoms with van der Waals surface area (Å²) in [7, 11) is -3.86. The molecule has 178 valence electrons. The number of hydrogen-bond donors (Lipinski definition) is 1. The van der Waals surface area contributed by atoms with E-state index in [0.717, 1.165) is 16.7 Å². The van der Waals surface area contributed by atoms with E-state index in [-0.39, 0.29) is 34.8 Å². The van der Waals surface area contributed by atoms with Crippen LogP contribution in [-0.4, -0.2) is 20.1 Å². The molecule has 0 spiro atoms. The quantitative estimate of drug-likeness (QED) is 0.584. The van der Waals surface area contributed by atoms with Crippen molar-refractivity contribution in [3.8, 4) is 0 Å². The summed E-state index contributed by atoms with van der Waals surface area (Å²) in [4.78, 5) is 28.8. The number of Topliss-reactive ketones (excluding diaryl/α,β-unsaturated/α-hetero) is 1. The minimum absolute atomic E-state index is 0.0284. The molecule has 5 rings (SSSR count). The summed E-state index contributed by atoms with van der Waals surface area (Å²) >= 11 is 0. The van der Waals surface area contributed by atoms with Crippen LogP contribution in [0.1, 0.15) is 47.8 Å². The maximum absolute atomic E-state index is 13.6. The van der Waals surface area contributed by atoms with Gasteiger partial charge in [-0.1, -0.05) is 60.2 Å². The van der Waals surface area contributed by atoms with Crippen molar-refractivity contribution in [3.63, 3.8) is 0 Å². The predicted octanol–water partition coefficient (Wildman–Crippen LogP) is 4.56. The lowest BCUT2D eigenvalue weighted by molar-refractivity contribution is -0.120. The van der Waals surface area contributed by atoms with E-state index in [9.17, 15) is 18.0 Å². The minimum Gasteiger partial charge on any atom is -0.294 e. The average Bonchev–Trinajstić information content (AvgIpc) is 2.84. The van der Waals surface area contributed by atoms with Gasteiger partial charge in [0, 0.05) is 35.7 Å². The number of nitrogens with two attached hydrogens (primary N) is 1. The highest BCUT2D eigenvalue weighted by Gasteiger charge is 2.42. The summed E-state index contributed by atoms with van der Waals surface area (Å²) in [5.74, 6) is -0.427. The standard InChI is InChI=1S/C28H26N2O4S/c1-18-7-9-20(10-8-18)24-17-27(32)30(22-11-13-23(14-12-22)35(29,33)34)25-15-21(16-26(31)28(24)25)19-5-3-2-4-6-19/h2-14,21,24H,15-17H2,1H3,(H2,29,33,34). The molecule has 0 radical (unpaired) electrons. The lowest BCUT2D eigenvalue weighted by atomic mass is 9.72. The SMILES string of the molecule is Cc1ccc(C2CC(=O)N(c3ccc(S(N)(=O)=O)cc3)C3=C2C(=O)CC(c2ccccc2)C3)cc1. The maximum atomic E-state index is 13.6. The highest BCUT2D eigenvalue weighted by atomic mass is 32.2. The molecular weight excluding hydrogens is 460 g/mol. The first-order valence-corrected chi connectivity index (χ1v) is 13.1. The van der Waals surface area contributed by atoms with Gasteiger partial charge in [-0.25, -0.2) is 13.6 Å². The Balaban J connectivity index is 1.64. The van der Waals surface area contributed by atoms with Crippen molar-refractivity contribution in [3.05, 3.63) is 107 Å². The predicted molar refractivity (Wildman–Crippen MR) is 134 cm³/mol. The number of allylic oxidation sites excluding steroid dienone is 2. The molecule has 2 aliphatic rings. The zero-order valence-corrected chi connectivity index (χ0v) is 20.2. The van der Waals surface area contributed by atoms with Gasteiger partial charge in [0.05, 0.1) is 4.90 Å². The van der Waals surface area contributed by atoms with Crippen molar-refractivity contribution in [2.24, 2.45) is 5.14 Å². The number of rotatable bonds is 4. The number of nitrogens with zero attached hydrogens (tertiary/aromatic N) is 1. The first-order valence-electron chi connectivity index (χ1n) is 11.6. The van der Waals surface area contributed by atoms with Crippen LogP contribution in [0.15, 0.2) is 95.0 Å². The third-order valence-corrected chi connectivity index (χ3v) is 7.83. The van der Waals surface area contributed by atoms with Gasteiger partial charge >= 0.3 is 0 Å². The molecule has 1 aliphatic heterocycles. The summed E-state index contributed by atoms with van der Waals surface area (Å²) in [6.45, 7) is 2.00. The molecule has 35 heavy (non-hydrogen) atoms. The molecule has 3 aromatic rings. The van der Waals surface area contributed by atoms with Crippen molar-refractivity contribution in [1.29, 1.82) is 0 Å². The van der Waals surface area contributed by atoms with Crippen LogP contribution in [0.25, 0.3) is 0 Å². The summed E-state index contributed by atoms with van der Waals surface area (Å²) in [5, 5.41) is 5.25. The van der Waals surface area contributed by atoms with Gasteiger partial charge in [0.1, 0.15) is 0 Å². The van der Waals surface area contributed by atoms with E-state index in [4.69, 9.17) is 5.14 Å². The topological polar surface area (TPSA) is 97.5 Å². The van der Waals surface area contributed by atoms with Crippen LogP contribution in [0.2, 0.25) is 0 Å². The fourth-order valence-corrected chi connectivity index (χ4v) is 5.68. The molecule has 0 saturated carbocycles. The van der Waals surface area contributed by atoms with Gasteiger partial charge in [-0.15, -0.1) is 0 Å². The fraction of sp³-hybridized carbons (Fsp3) is 0.214. The van der Waals surface area contributed by atoms with Crippen molar-refractivity contribution >= 4 is 27.4 Å². The Morgan fingerprint density at radius 1 is 0.800 bits per heavy atom. The number of aryl methyl sites for hydroxylation is 1. The van der Waals surface area contributed by atoms with Crippen LogP contribution >= 0.6 is 0 Å². The second-order valence-electron chi connectivity index (χ2n) is 9.23. The number of carbonyl (C=O) groups excluding carboxylic acids is 2. The average molecular weight is 487 g/mol. The van der Waals surface area contributed by atoms with Crippen molar-refractivity contribution in [1.82, 2.24) is 0 Å². The molecular formula is C28H26N2O4S. The van der Waals surface area contributed by atoms with Crippen molar-refractivity contribution in [2.75, 3.05) is 4.90 Å². The number of amides is 1. The molecule has 3 aromatic carbocycles. The second-order valence-corrected chi connectivity index (χ2v) is 10.8. The zero-order valence-electron chi connectivity index (χ0n) is 19.3. The molecule has 0 fully saturated rings. The number of carbonyl (C=O) groups is 2. The largest absolute Gasteiger partial charge is 0.294 e. The Labute approximate surface area is 205 Å². The Morgan fingerprint density at radius 2 is 1.46 bits per heavy atom. The van der Waals surface area contributed by atoms with E-state index in [0.29, 0.717) is 29.8 Å². The normalized spacial score (nSPS) is 20.7. The molecule has 2 N–H and O–H groups in total. The van der Waals surface area contributed by atoms with Crippen LogP contribution in [0.4, 0.5) is 5.69 Å². The van der Waals surface area contributed by atoms with Gasteiger partial charge in [0.15, 0.2) is 5.78 Å². The van der Waals surface area contributed by atoms with E-state index in [1.807, 2.05) is 61.5 Å². The van der Waals surface area contributed by atoms with E-state index in [1.54, 1.807) is 17.0 Å². The van der Waals surface area contributed by atoms with Gasteiger partial charge in [0.25, 0.3) is 0 Å². The molecule has 1 aliphatic carbocycles. The second kappa shape index (κ2) is 8.91. The van der Waals surface area contributed by atoms with Crippen LogP contribution in [0, 0.1) is 6.92 Å². The van der Waals surface area contributed by atoms with Gasteiger partial charge in [-0.05, 0) is 54.7 Å². The van der Waals surface area contributed by atoms with Crippen LogP contribution in [0.5, 0.6) is 0 Å². The number of benzene rings is 3. The first-order chi connectivity index (χ1) is 16.7. The number of ketones is 1. The van der Waals surface area contributed by atoms with Crippen LogP contribution < -0.4 is 10.0 Å². The van der Waals surface area contributed by atoms with Gasteiger partial charge in [0.2, 0.25) is 15.9 Å². The lowest BCUT2D eigenvalue weighted by Crippen LogP contribution is -2.41. The van der Waals surface area contributed by atoms with Gasteiger partial charge < -0.3 is 0 Å². The fourth-order valence-electron chi connectivity index (χ4n) is 5.16. The first kappa shape index (κ1) is 23.2. The Kier molecular flexibility index (Phi) is 5.91. The van der Waals surface area contributed by atoms with E-state index >= 15 is 0 Å². The molecule has 0 bridgehead atoms. The maximum Gasteiger partial charge on any atom is 0.238 e. The highest BCUT2D eigenvalue weighted by molar-refractivity contribution is 7.89. The molecule has 0 saturated heterocycles. The molecule has 1 amide bonds. The highest BCUT2D eigenvalue weighted by Crippen LogP contribution is 2.47. The van der Waals surface area contributed by atoms with Gasteiger partial charge in [-0.2, -0.15) is 0 Å². The Hall–Kier alpha value is -3.55. The Bertz CT molecular complexity index is 1430. The summed E-state index contributed by atoms with van der Waals surface area (Å²) in [6.07, 6.45) is 1.09.